The highest BCUT2D eigenvalue weighted by Gasteiger charge is 2.19. The SMILES string of the molecule is C[Si](c1ccccc1P(C)C)c1ccccc1P(C)C. The molecule has 0 amide bonds. The van der Waals surface area contributed by atoms with Gasteiger partial charge in [-0.1, -0.05) is 70.9 Å². The average Bonchev–Trinajstić information content (AvgIpc) is 2.46. The molecule has 0 nitrogen and oxygen atoms in total. The van der Waals surface area contributed by atoms with E-state index in [0.717, 1.165) is 0 Å². The second kappa shape index (κ2) is 6.99. The van der Waals surface area contributed by atoms with E-state index in [1.807, 2.05) is 0 Å². The summed E-state index contributed by atoms with van der Waals surface area (Å²) in [6.07, 6.45) is 0. The molecule has 3 heteroatoms. The van der Waals surface area contributed by atoms with E-state index < -0.39 is 8.80 Å². The van der Waals surface area contributed by atoms with Crippen molar-refractivity contribution in [3.8, 4) is 0 Å². The molecule has 0 spiro atoms. The highest BCUT2D eigenvalue weighted by atomic mass is 31.1. The van der Waals surface area contributed by atoms with Crippen LogP contribution in [0.15, 0.2) is 48.5 Å². The van der Waals surface area contributed by atoms with Crippen LogP contribution in [0, 0.1) is 0 Å². The molecule has 0 saturated heterocycles. The molecule has 20 heavy (non-hydrogen) atoms. The minimum Gasteiger partial charge on any atom is -0.0818 e. The Hall–Kier alpha value is -0.483. The van der Waals surface area contributed by atoms with Gasteiger partial charge in [0, 0.05) is 0 Å². The summed E-state index contributed by atoms with van der Waals surface area (Å²) in [6, 6.07) is 18.2. The standard InChI is InChI=1S/C17H23P2Si/c1-18(2)14-10-6-8-12-16(14)20(5)17-13-9-7-11-15(17)19(3)4/h6-13H,1-5H3. The molecule has 1 radical (unpaired) electrons. The van der Waals surface area contributed by atoms with E-state index in [2.05, 4.69) is 81.7 Å². The van der Waals surface area contributed by atoms with Crippen LogP contribution in [0.3, 0.4) is 0 Å². The molecule has 0 aliphatic carbocycles. The molecule has 0 bridgehead atoms. The zero-order valence-electron chi connectivity index (χ0n) is 13.0. The Morgan fingerprint density at radius 3 is 1.35 bits per heavy atom. The lowest BCUT2D eigenvalue weighted by molar-refractivity contribution is 1.77. The first-order valence-electron chi connectivity index (χ1n) is 6.89. The summed E-state index contributed by atoms with van der Waals surface area (Å²) in [5.74, 6) is 0. The van der Waals surface area contributed by atoms with Gasteiger partial charge < -0.3 is 0 Å². The molecule has 0 unspecified atom stereocenters. The molecule has 2 rings (SSSR count). The van der Waals surface area contributed by atoms with Crippen molar-refractivity contribution in [1.29, 1.82) is 0 Å². The van der Waals surface area contributed by atoms with Gasteiger partial charge in [-0.3, -0.25) is 0 Å². The number of rotatable bonds is 4. The van der Waals surface area contributed by atoms with Crippen LogP contribution >= 0.6 is 15.8 Å². The molecule has 0 aliphatic rings. The number of hydrogen-bond acceptors (Lipinski definition) is 0. The fraction of sp³-hybridized carbons (Fsp3) is 0.294. The number of benzene rings is 2. The van der Waals surface area contributed by atoms with E-state index >= 15 is 0 Å². The predicted octanol–water partition coefficient (Wildman–Crippen LogP) is 2.66. The maximum absolute atomic E-state index is 2.46. The molecule has 0 saturated carbocycles. The topological polar surface area (TPSA) is 0 Å². The summed E-state index contributed by atoms with van der Waals surface area (Å²) in [5.41, 5.74) is 0. The zero-order chi connectivity index (χ0) is 14.7. The first kappa shape index (κ1) is 15.9. The Kier molecular flexibility index (Phi) is 5.55. The van der Waals surface area contributed by atoms with Gasteiger partial charge in [-0.2, -0.15) is 0 Å². The van der Waals surface area contributed by atoms with Crippen molar-refractivity contribution in [2.75, 3.05) is 26.7 Å². The second-order valence-electron chi connectivity index (χ2n) is 5.45. The lowest BCUT2D eigenvalue weighted by Crippen LogP contribution is -2.50. The summed E-state index contributed by atoms with van der Waals surface area (Å²) >= 11 is 0. The first-order valence-corrected chi connectivity index (χ1v) is 13.4. The van der Waals surface area contributed by atoms with Crippen LogP contribution in [0.2, 0.25) is 6.55 Å². The summed E-state index contributed by atoms with van der Waals surface area (Å²) in [7, 11) is -0.728. The van der Waals surface area contributed by atoms with E-state index in [-0.39, 0.29) is 15.8 Å². The lowest BCUT2D eigenvalue weighted by Gasteiger charge is -2.21. The molecular formula is C17H23P2Si. The summed E-state index contributed by atoms with van der Waals surface area (Å²) in [4.78, 5) is 0. The van der Waals surface area contributed by atoms with Crippen LogP contribution < -0.4 is 21.0 Å². The molecule has 0 fully saturated rings. The third-order valence-electron chi connectivity index (χ3n) is 3.58. The van der Waals surface area contributed by atoms with Crippen molar-refractivity contribution in [1.82, 2.24) is 0 Å². The maximum Gasteiger partial charge on any atom is 0.119 e. The van der Waals surface area contributed by atoms with Crippen LogP contribution in [0.1, 0.15) is 0 Å². The molecule has 2 aromatic carbocycles. The van der Waals surface area contributed by atoms with E-state index in [1.165, 1.54) is 0 Å². The Balaban J connectivity index is 2.50. The predicted molar refractivity (Wildman–Crippen MR) is 101 cm³/mol. The average molecular weight is 317 g/mol. The Morgan fingerprint density at radius 2 is 1.00 bits per heavy atom. The van der Waals surface area contributed by atoms with Crippen LogP contribution in [-0.4, -0.2) is 35.5 Å². The normalized spacial score (nSPS) is 11.6. The third-order valence-corrected chi connectivity index (χ3v) is 9.20. The lowest BCUT2D eigenvalue weighted by atomic mass is 10.3. The summed E-state index contributed by atoms with van der Waals surface area (Å²) < 4.78 is 0. The van der Waals surface area contributed by atoms with Crippen LogP contribution in [0.25, 0.3) is 0 Å². The van der Waals surface area contributed by atoms with Gasteiger partial charge in [0.1, 0.15) is 8.80 Å². The van der Waals surface area contributed by atoms with Crippen molar-refractivity contribution in [2.45, 2.75) is 6.55 Å². The van der Waals surface area contributed by atoms with Crippen molar-refractivity contribution >= 4 is 45.6 Å². The maximum atomic E-state index is 2.46. The smallest absolute Gasteiger partial charge is 0.0818 e. The Bertz CT molecular complexity index is 527. The van der Waals surface area contributed by atoms with Crippen LogP contribution in [0.5, 0.6) is 0 Å². The van der Waals surface area contributed by atoms with E-state index in [0.29, 0.717) is 0 Å². The Morgan fingerprint density at radius 1 is 0.650 bits per heavy atom. The Labute approximate surface area is 127 Å². The molecule has 0 atom stereocenters. The highest BCUT2D eigenvalue weighted by molar-refractivity contribution is 7.65. The van der Waals surface area contributed by atoms with Crippen molar-refractivity contribution in [2.24, 2.45) is 0 Å². The van der Waals surface area contributed by atoms with Gasteiger partial charge >= 0.3 is 0 Å². The van der Waals surface area contributed by atoms with Gasteiger partial charge in [-0.25, -0.2) is 0 Å². The molecule has 105 valence electrons. The fourth-order valence-electron chi connectivity index (χ4n) is 2.51. The van der Waals surface area contributed by atoms with Gasteiger partial charge in [0.2, 0.25) is 0 Å². The summed E-state index contributed by atoms with van der Waals surface area (Å²) in [6.45, 7) is 11.9. The minimum absolute atomic E-state index is 0.0334. The molecular weight excluding hydrogens is 294 g/mol. The minimum atomic E-state index is -0.661. The molecule has 0 aliphatic heterocycles. The van der Waals surface area contributed by atoms with E-state index in [9.17, 15) is 0 Å². The van der Waals surface area contributed by atoms with Gasteiger partial charge in [0.15, 0.2) is 0 Å². The van der Waals surface area contributed by atoms with E-state index in [4.69, 9.17) is 0 Å². The molecule has 0 aromatic heterocycles. The molecule has 2 aromatic rings. The van der Waals surface area contributed by atoms with Crippen LogP contribution in [-0.2, 0) is 0 Å². The monoisotopic (exact) mass is 317 g/mol. The highest BCUT2D eigenvalue weighted by Crippen LogP contribution is 2.23. The van der Waals surface area contributed by atoms with Gasteiger partial charge in [0.25, 0.3) is 0 Å². The third kappa shape index (κ3) is 3.40. The quantitative estimate of drug-likeness (QED) is 0.601. The van der Waals surface area contributed by atoms with Gasteiger partial charge in [-0.05, 0) is 47.6 Å². The van der Waals surface area contributed by atoms with Crippen molar-refractivity contribution in [3.63, 3.8) is 0 Å². The molecule has 0 N–H and O–H groups in total. The fourth-order valence-corrected chi connectivity index (χ4v) is 8.65. The van der Waals surface area contributed by atoms with Crippen LogP contribution in [0.4, 0.5) is 0 Å². The zero-order valence-corrected chi connectivity index (χ0v) is 15.8. The largest absolute Gasteiger partial charge is 0.119 e. The second-order valence-corrected chi connectivity index (χ2v) is 12.3. The first-order chi connectivity index (χ1) is 9.52. The van der Waals surface area contributed by atoms with Crippen molar-refractivity contribution < 1.29 is 0 Å². The number of hydrogen-bond donors (Lipinski definition) is 0. The van der Waals surface area contributed by atoms with Gasteiger partial charge in [0.05, 0.1) is 0 Å². The van der Waals surface area contributed by atoms with E-state index in [1.54, 1.807) is 21.0 Å². The summed E-state index contributed by atoms with van der Waals surface area (Å²) in [5, 5.41) is 6.39. The van der Waals surface area contributed by atoms with Gasteiger partial charge in [-0.15, -0.1) is 0 Å². The molecule has 0 heterocycles. The van der Waals surface area contributed by atoms with Crippen molar-refractivity contribution in [3.05, 3.63) is 48.5 Å².